The van der Waals surface area contributed by atoms with Gasteiger partial charge < -0.3 is 0 Å². The molecular weight excluding hydrogens is 330 g/mol. The summed E-state index contributed by atoms with van der Waals surface area (Å²) in [5.41, 5.74) is 0. The second-order valence-corrected chi connectivity index (χ2v) is 12.5. The van der Waals surface area contributed by atoms with Crippen LogP contribution in [0.3, 0.4) is 0 Å². The fraction of sp³-hybridized carbons (Fsp3) is 1.00. The van der Waals surface area contributed by atoms with E-state index >= 15 is 0 Å². The molecule has 0 bridgehead atoms. The molecule has 0 spiro atoms. The first-order valence-corrected chi connectivity index (χ1v) is 14.7. The molecule has 2 radical (unpaired) electrons. The molecule has 0 saturated heterocycles. The molecule has 0 fully saturated rings. The van der Waals surface area contributed by atoms with E-state index in [1.807, 2.05) is 0 Å². The largest absolute Gasteiger partial charge is 0.365 e. The minimum Gasteiger partial charge on any atom is -0.0654 e. The lowest BCUT2D eigenvalue weighted by Gasteiger charge is -2.24. The number of hydrogen-bond donors (Lipinski definition) is 0. The zero-order chi connectivity index (χ0) is 19.3. The van der Waals surface area contributed by atoms with E-state index in [1.165, 1.54) is 134 Å². The monoisotopic (exact) mass is 381 g/mol. The normalized spacial score (nSPS) is 12.0. The third-order valence-electron chi connectivity index (χ3n) is 5.87. The Morgan fingerprint density at radius 1 is 0.385 bits per heavy atom. The van der Waals surface area contributed by atoms with Crippen LogP contribution in [-0.4, -0.2) is 26.1 Å². The summed E-state index contributed by atoms with van der Waals surface area (Å²) in [6, 6.07) is 0. The Labute approximate surface area is 169 Å². The summed E-state index contributed by atoms with van der Waals surface area (Å²) in [5, 5.41) is 0. The molecule has 0 aromatic heterocycles. The second-order valence-electron chi connectivity index (χ2n) is 8.69. The summed E-state index contributed by atoms with van der Waals surface area (Å²) < 4.78 is 0. The molecule has 154 valence electrons. The van der Waals surface area contributed by atoms with Gasteiger partial charge in [0, 0.05) is 18.5 Å². The van der Waals surface area contributed by atoms with Crippen LogP contribution >= 0.6 is 7.14 Å². The Bertz CT molecular complexity index is 226. The first kappa shape index (κ1) is 26.5. The van der Waals surface area contributed by atoms with Gasteiger partial charge >= 0.3 is 7.57 Å². The highest BCUT2D eigenvalue weighted by molar-refractivity contribution is 7.97. The van der Waals surface area contributed by atoms with E-state index in [1.54, 1.807) is 0 Å². The molecule has 0 aliphatic carbocycles. The Morgan fingerprint density at radius 3 is 0.885 bits per heavy atom. The lowest BCUT2D eigenvalue weighted by atomic mass is 10.1. The lowest BCUT2D eigenvalue weighted by molar-refractivity contribution is 0.617. The predicted molar refractivity (Wildman–Crippen MR) is 127 cm³/mol. The van der Waals surface area contributed by atoms with E-state index in [2.05, 4.69) is 20.8 Å². The Morgan fingerprint density at radius 2 is 0.615 bits per heavy atom. The second kappa shape index (κ2) is 20.2. The van der Waals surface area contributed by atoms with Crippen LogP contribution in [0.5, 0.6) is 0 Å². The summed E-state index contributed by atoms with van der Waals surface area (Å²) in [4.78, 5) is 0. The van der Waals surface area contributed by atoms with Gasteiger partial charge in [0.05, 0.1) is 0 Å². The van der Waals surface area contributed by atoms with Crippen molar-refractivity contribution in [3.05, 3.63) is 0 Å². The van der Waals surface area contributed by atoms with Crippen LogP contribution in [-0.2, 0) is 0 Å². The van der Waals surface area contributed by atoms with Gasteiger partial charge in [-0.25, -0.2) is 0 Å². The third-order valence-corrected chi connectivity index (χ3v) is 9.49. The molecule has 0 amide bonds. The van der Waals surface area contributed by atoms with Gasteiger partial charge in [0.25, 0.3) is 0 Å². The third kappa shape index (κ3) is 17.9. The number of unbranched alkanes of at least 4 members (excludes halogenated alkanes) is 15. The van der Waals surface area contributed by atoms with E-state index < -0.39 is 7.14 Å². The van der Waals surface area contributed by atoms with Crippen molar-refractivity contribution in [2.75, 3.05) is 18.5 Å². The highest BCUT2D eigenvalue weighted by Crippen LogP contribution is 2.56. The van der Waals surface area contributed by atoms with Crippen molar-refractivity contribution in [2.45, 2.75) is 136 Å². The van der Waals surface area contributed by atoms with Crippen molar-refractivity contribution in [1.29, 1.82) is 0 Å². The molecule has 0 unspecified atom stereocenters. The van der Waals surface area contributed by atoms with Crippen LogP contribution in [0.25, 0.3) is 0 Å². The molecule has 0 saturated carbocycles. The van der Waals surface area contributed by atoms with Gasteiger partial charge in [0.15, 0.2) is 0 Å². The molecule has 26 heavy (non-hydrogen) atoms. The minimum absolute atomic E-state index is 1.14. The lowest BCUT2D eigenvalue weighted by Crippen LogP contribution is -2.09. The van der Waals surface area contributed by atoms with Crippen molar-refractivity contribution >= 4 is 14.7 Å². The Kier molecular flexibility index (Phi) is 20.6. The zero-order valence-electron chi connectivity index (χ0n) is 18.9. The minimum atomic E-state index is -1.14. The van der Waals surface area contributed by atoms with Crippen LogP contribution in [0.2, 0.25) is 0 Å². The Hall–Kier alpha value is 0.495. The molecular formula is C24H51BP+. The van der Waals surface area contributed by atoms with Gasteiger partial charge in [-0.15, -0.1) is 0 Å². The summed E-state index contributed by atoms with van der Waals surface area (Å²) in [7, 11) is 5.90. The highest BCUT2D eigenvalue weighted by Gasteiger charge is 2.29. The van der Waals surface area contributed by atoms with E-state index in [0.29, 0.717) is 0 Å². The van der Waals surface area contributed by atoms with E-state index in [4.69, 9.17) is 7.57 Å². The number of rotatable bonds is 21. The first-order chi connectivity index (χ1) is 12.7. The molecule has 0 heterocycles. The average molecular weight is 381 g/mol. The molecule has 0 aliphatic heterocycles. The van der Waals surface area contributed by atoms with Crippen LogP contribution < -0.4 is 0 Å². The standard InChI is InChI=1S/C24H51BP/c1-4-7-10-13-16-19-22-26(25,23-20-17-14-11-8-5-2)24-21-18-15-12-9-6-3/h4-24H2,1-3H3/q+1. The SMILES string of the molecule is [B][P+](CCCCCCCC)(CCCCCCCC)CCCCCCCC. The summed E-state index contributed by atoms with van der Waals surface area (Å²) in [5.74, 6) is 0. The Balaban J connectivity index is 4.02. The van der Waals surface area contributed by atoms with Gasteiger partial charge in [0.1, 0.15) is 0 Å². The predicted octanol–water partition coefficient (Wildman–Crippen LogP) is 9.17. The summed E-state index contributed by atoms with van der Waals surface area (Å²) in [6.45, 7) is 6.91. The first-order valence-electron chi connectivity index (χ1n) is 12.3. The molecule has 0 aromatic carbocycles. The topological polar surface area (TPSA) is 0 Å². The smallest absolute Gasteiger partial charge is 0.0654 e. The summed E-state index contributed by atoms with van der Waals surface area (Å²) in [6.07, 6.45) is 29.5. The van der Waals surface area contributed by atoms with Crippen molar-refractivity contribution in [1.82, 2.24) is 0 Å². The van der Waals surface area contributed by atoms with E-state index in [0.717, 1.165) is 0 Å². The maximum atomic E-state index is 7.03. The van der Waals surface area contributed by atoms with E-state index in [-0.39, 0.29) is 0 Å². The molecule has 2 heteroatoms. The quantitative estimate of drug-likeness (QED) is 0.106. The van der Waals surface area contributed by atoms with Crippen molar-refractivity contribution in [2.24, 2.45) is 0 Å². The van der Waals surface area contributed by atoms with Gasteiger partial charge in [0.2, 0.25) is 0 Å². The maximum Gasteiger partial charge on any atom is 0.365 e. The van der Waals surface area contributed by atoms with Crippen molar-refractivity contribution < 1.29 is 0 Å². The molecule has 0 atom stereocenters. The molecule has 0 nitrogen and oxygen atoms in total. The van der Waals surface area contributed by atoms with Crippen LogP contribution in [0, 0.1) is 0 Å². The van der Waals surface area contributed by atoms with Crippen LogP contribution in [0.1, 0.15) is 136 Å². The molecule has 0 rings (SSSR count). The molecule has 0 aromatic rings. The zero-order valence-corrected chi connectivity index (χ0v) is 19.8. The molecule has 0 N–H and O–H groups in total. The van der Waals surface area contributed by atoms with Crippen LogP contribution in [0.15, 0.2) is 0 Å². The highest BCUT2D eigenvalue weighted by atomic mass is 31.2. The van der Waals surface area contributed by atoms with Gasteiger partial charge in [-0.1, -0.05) is 97.8 Å². The fourth-order valence-corrected chi connectivity index (χ4v) is 7.19. The maximum absolute atomic E-state index is 7.03. The molecule has 0 aliphatic rings. The van der Waals surface area contributed by atoms with Gasteiger partial charge in [-0.3, -0.25) is 0 Å². The number of hydrogen-bond acceptors (Lipinski definition) is 0. The van der Waals surface area contributed by atoms with Crippen molar-refractivity contribution in [3.63, 3.8) is 0 Å². The van der Waals surface area contributed by atoms with Gasteiger partial charge in [-0.05, 0) is 45.7 Å². The van der Waals surface area contributed by atoms with Gasteiger partial charge in [-0.2, -0.15) is 0 Å². The average Bonchev–Trinajstić information content (AvgIpc) is 2.64. The van der Waals surface area contributed by atoms with Crippen molar-refractivity contribution in [3.8, 4) is 0 Å². The summed E-state index contributed by atoms with van der Waals surface area (Å²) >= 11 is 0. The van der Waals surface area contributed by atoms with E-state index in [9.17, 15) is 0 Å². The van der Waals surface area contributed by atoms with Crippen LogP contribution in [0.4, 0.5) is 0 Å². The fourth-order valence-electron chi connectivity index (χ4n) is 3.96.